The maximum Gasteiger partial charge on any atom is 0.329 e. The number of pyridine rings is 1. The van der Waals surface area contributed by atoms with Gasteiger partial charge in [0.2, 0.25) is 0 Å². The molecule has 1 aromatic heterocycles. The number of benzene rings is 2. The first-order chi connectivity index (χ1) is 16.5. The molecule has 0 bridgehead atoms. The predicted molar refractivity (Wildman–Crippen MR) is 130 cm³/mol. The van der Waals surface area contributed by atoms with Crippen molar-refractivity contribution in [3.05, 3.63) is 101 Å². The number of nitrogens with one attached hydrogen (secondary N) is 2. The average molecular weight is 478 g/mol. The zero-order chi connectivity index (χ0) is 23.9. The normalized spacial score (nSPS) is 15.4. The number of rotatable bonds is 8. The van der Waals surface area contributed by atoms with Crippen LogP contribution in [-0.2, 0) is 16.0 Å². The summed E-state index contributed by atoms with van der Waals surface area (Å²) in [6, 6.07) is 18.4. The summed E-state index contributed by atoms with van der Waals surface area (Å²) in [5, 5.41) is 16.5. The number of nitrogens with zero attached hydrogens (tertiary/aromatic N) is 1. The Kier molecular flexibility index (Phi) is 7.57. The van der Waals surface area contributed by atoms with Gasteiger partial charge in [-0.25, -0.2) is 4.79 Å². The maximum atomic E-state index is 13.0. The van der Waals surface area contributed by atoms with Crippen molar-refractivity contribution in [2.45, 2.75) is 25.1 Å². The zero-order valence-electron chi connectivity index (χ0n) is 18.3. The number of esters is 1. The van der Waals surface area contributed by atoms with Gasteiger partial charge in [0.05, 0.1) is 6.61 Å². The standard InChI is InChI=1S/C26H24ClN3O4/c27-19-10-8-17(9-11-19)25(32)30-23(26(33)34-14-12-20-5-3-4-13-28-20)15-18-16-24(31)29-22-7-2-1-6-21(18)22/h1-11,13,16,23-24,29,31H,12,14-15H2,(H,30,32). The fourth-order valence-corrected chi connectivity index (χ4v) is 3.83. The van der Waals surface area contributed by atoms with Gasteiger partial charge in [-0.15, -0.1) is 0 Å². The van der Waals surface area contributed by atoms with Crippen molar-refractivity contribution < 1.29 is 19.4 Å². The number of aliphatic hydroxyl groups is 1. The summed E-state index contributed by atoms with van der Waals surface area (Å²) in [7, 11) is 0. The molecule has 0 aliphatic carbocycles. The van der Waals surface area contributed by atoms with Crippen LogP contribution in [0.25, 0.3) is 5.57 Å². The summed E-state index contributed by atoms with van der Waals surface area (Å²) in [5.41, 5.74) is 3.49. The van der Waals surface area contributed by atoms with E-state index in [1.165, 1.54) is 0 Å². The third-order valence-electron chi connectivity index (χ3n) is 5.38. The minimum Gasteiger partial charge on any atom is -0.464 e. The second-order valence-corrected chi connectivity index (χ2v) is 8.24. The molecule has 34 heavy (non-hydrogen) atoms. The SMILES string of the molecule is O=C(NC(CC1=CC(O)Nc2ccccc21)C(=O)OCCc1ccccn1)c1ccc(Cl)cc1. The summed E-state index contributed by atoms with van der Waals surface area (Å²) in [4.78, 5) is 30.1. The molecule has 4 rings (SSSR count). The van der Waals surface area contributed by atoms with Crippen molar-refractivity contribution in [2.75, 3.05) is 11.9 Å². The van der Waals surface area contributed by atoms with Crippen molar-refractivity contribution in [3.8, 4) is 0 Å². The Balaban J connectivity index is 1.51. The zero-order valence-corrected chi connectivity index (χ0v) is 19.0. The molecule has 3 aromatic rings. The third-order valence-corrected chi connectivity index (χ3v) is 5.64. The number of aromatic nitrogens is 1. The second kappa shape index (κ2) is 11.0. The number of aliphatic hydroxyl groups excluding tert-OH is 1. The molecule has 174 valence electrons. The molecule has 8 heteroatoms. The van der Waals surface area contributed by atoms with E-state index in [0.29, 0.717) is 17.0 Å². The Bertz CT molecular complexity index is 1180. The highest BCUT2D eigenvalue weighted by Crippen LogP contribution is 2.32. The summed E-state index contributed by atoms with van der Waals surface area (Å²) >= 11 is 5.92. The van der Waals surface area contributed by atoms with Crippen molar-refractivity contribution >= 4 is 34.7 Å². The van der Waals surface area contributed by atoms with Crippen LogP contribution in [0.4, 0.5) is 5.69 Å². The van der Waals surface area contributed by atoms with Crippen LogP contribution in [0.3, 0.4) is 0 Å². The number of anilines is 1. The number of hydrogen-bond acceptors (Lipinski definition) is 6. The molecule has 7 nitrogen and oxygen atoms in total. The number of amides is 1. The van der Waals surface area contributed by atoms with Crippen LogP contribution in [0, 0.1) is 0 Å². The molecule has 3 N–H and O–H groups in total. The van der Waals surface area contributed by atoms with Gasteiger partial charge >= 0.3 is 5.97 Å². The lowest BCUT2D eigenvalue weighted by molar-refractivity contribution is -0.145. The fourth-order valence-electron chi connectivity index (χ4n) is 3.71. The monoisotopic (exact) mass is 477 g/mol. The first-order valence-corrected chi connectivity index (χ1v) is 11.2. The number of para-hydroxylation sites is 1. The van der Waals surface area contributed by atoms with E-state index in [4.69, 9.17) is 16.3 Å². The van der Waals surface area contributed by atoms with Gasteiger partial charge < -0.3 is 20.5 Å². The van der Waals surface area contributed by atoms with Gasteiger partial charge in [-0.1, -0.05) is 35.9 Å². The number of ether oxygens (including phenoxy) is 1. The van der Waals surface area contributed by atoms with E-state index in [2.05, 4.69) is 15.6 Å². The van der Waals surface area contributed by atoms with Gasteiger partial charge in [0, 0.05) is 46.6 Å². The molecular weight excluding hydrogens is 454 g/mol. The van der Waals surface area contributed by atoms with E-state index in [0.717, 1.165) is 22.5 Å². The summed E-state index contributed by atoms with van der Waals surface area (Å²) in [6.07, 6.45) is 3.01. The smallest absolute Gasteiger partial charge is 0.329 e. The molecule has 0 radical (unpaired) electrons. The minimum atomic E-state index is -0.962. The summed E-state index contributed by atoms with van der Waals surface area (Å²) in [6.45, 7) is 0.128. The van der Waals surface area contributed by atoms with Crippen LogP contribution >= 0.6 is 11.6 Å². The van der Waals surface area contributed by atoms with Gasteiger partial charge in [-0.3, -0.25) is 9.78 Å². The quantitative estimate of drug-likeness (QED) is 0.426. The molecule has 2 heterocycles. The second-order valence-electron chi connectivity index (χ2n) is 7.80. The Morgan fingerprint density at radius 1 is 1.09 bits per heavy atom. The lowest BCUT2D eigenvalue weighted by Gasteiger charge is -2.26. The van der Waals surface area contributed by atoms with E-state index in [-0.39, 0.29) is 13.0 Å². The number of carbonyl (C=O) groups excluding carboxylic acids is 2. The molecule has 2 unspecified atom stereocenters. The van der Waals surface area contributed by atoms with Crippen LogP contribution in [0.2, 0.25) is 5.02 Å². The molecule has 1 aliphatic rings. The molecule has 0 fully saturated rings. The molecular formula is C26H24ClN3O4. The summed E-state index contributed by atoms with van der Waals surface area (Å²) < 4.78 is 5.50. The average Bonchev–Trinajstić information content (AvgIpc) is 2.84. The lowest BCUT2D eigenvalue weighted by atomic mass is 9.93. The van der Waals surface area contributed by atoms with Gasteiger partial charge in [0.25, 0.3) is 5.91 Å². The Morgan fingerprint density at radius 3 is 2.62 bits per heavy atom. The van der Waals surface area contributed by atoms with Crippen LogP contribution in [0.1, 0.15) is 28.0 Å². The van der Waals surface area contributed by atoms with Gasteiger partial charge in [0.15, 0.2) is 0 Å². The Labute approximate surface area is 202 Å². The van der Waals surface area contributed by atoms with Crippen LogP contribution in [0.5, 0.6) is 0 Å². The highest BCUT2D eigenvalue weighted by Gasteiger charge is 2.27. The van der Waals surface area contributed by atoms with Crippen molar-refractivity contribution in [1.29, 1.82) is 0 Å². The Hall–Kier alpha value is -3.68. The number of carbonyl (C=O) groups is 2. The highest BCUT2D eigenvalue weighted by atomic mass is 35.5. The molecule has 0 saturated heterocycles. The van der Waals surface area contributed by atoms with Crippen molar-refractivity contribution in [3.63, 3.8) is 0 Å². The molecule has 2 atom stereocenters. The van der Waals surface area contributed by atoms with Crippen LogP contribution in [0.15, 0.2) is 79.0 Å². The molecule has 0 spiro atoms. The number of halogens is 1. The number of hydrogen-bond donors (Lipinski definition) is 3. The van der Waals surface area contributed by atoms with E-state index in [1.54, 1.807) is 36.5 Å². The number of fused-ring (bicyclic) bond motifs is 1. The largest absolute Gasteiger partial charge is 0.464 e. The van der Waals surface area contributed by atoms with E-state index in [9.17, 15) is 14.7 Å². The third kappa shape index (κ3) is 6.01. The van der Waals surface area contributed by atoms with E-state index < -0.39 is 24.1 Å². The topological polar surface area (TPSA) is 101 Å². The van der Waals surface area contributed by atoms with Gasteiger partial charge in [-0.05, 0) is 54.1 Å². The predicted octanol–water partition coefficient (Wildman–Crippen LogP) is 3.84. The molecule has 1 aliphatic heterocycles. The van der Waals surface area contributed by atoms with Gasteiger partial charge in [0.1, 0.15) is 12.3 Å². The van der Waals surface area contributed by atoms with Gasteiger partial charge in [-0.2, -0.15) is 0 Å². The maximum absolute atomic E-state index is 13.0. The van der Waals surface area contributed by atoms with E-state index in [1.807, 2.05) is 42.5 Å². The van der Waals surface area contributed by atoms with Crippen LogP contribution in [-0.4, -0.2) is 40.8 Å². The van der Waals surface area contributed by atoms with Crippen molar-refractivity contribution in [2.24, 2.45) is 0 Å². The minimum absolute atomic E-state index is 0.128. The first-order valence-electron chi connectivity index (χ1n) is 10.9. The molecule has 1 amide bonds. The molecule has 0 saturated carbocycles. The molecule has 2 aromatic carbocycles. The lowest BCUT2D eigenvalue weighted by Crippen LogP contribution is -2.42. The first kappa shape index (κ1) is 23.5. The highest BCUT2D eigenvalue weighted by molar-refractivity contribution is 6.30. The summed E-state index contributed by atoms with van der Waals surface area (Å²) in [5.74, 6) is -0.989. The van der Waals surface area contributed by atoms with E-state index >= 15 is 0 Å². The van der Waals surface area contributed by atoms with Crippen LogP contribution < -0.4 is 10.6 Å². The fraction of sp³-hybridized carbons (Fsp3) is 0.192. The van der Waals surface area contributed by atoms with Crippen molar-refractivity contribution in [1.82, 2.24) is 10.3 Å². The Morgan fingerprint density at radius 2 is 1.85 bits per heavy atom.